The van der Waals surface area contributed by atoms with Gasteiger partial charge in [-0.1, -0.05) is 30.3 Å². The molecule has 3 aromatic rings. The summed E-state index contributed by atoms with van der Waals surface area (Å²) in [5.74, 6) is 0.159. The molecular weight excluding hydrogens is 354 g/mol. The summed E-state index contributed by atoms with van der Waals surface area (Å²) < 4.78 is 1.18. The summed E-state index contributed by atoms with van der Waals surface area (Å²) in [6.07, 6.45) is 0. The number of nitrogens with zero attached hydrogens (tertiary/aromatic N) is 3. The predicted octanol–water partition coefficient (Wildman–Crippen LogP) is 4.04. The highest BCUT2D eigenvalue weighted by Crippen LogP contribution is 2.31. The molecule has 0 N–H and O–H groups in total. The molecule has 0 saturated carbocycles. The third-order valence-electron chi connectivity index (χ3n) is 5.19. The van der Waals surface area contributed by atoms with Gasteiger partial charge in [-0.25, -0.2) is 0 Å². The molecule has 1 aromatic heterocycles. The molecule has 0 bridgehead atoms. The Kier molecular flexibility index (Phi) is 4.93. The maximum absolute atomic E-state index is 13.0. The van der Waals surface area contributed by atoms with Gasteiger partial charge in [-0.15, -0.1) is 11.3 Å². The first kappa shape index (κ1) is 17.7. The number of carbonyl (C=O) groups excluding carboxylic acids is 1. The topological polar surface area (TPSA) is 47.3 Å². The van der Waals surface area contributed by atoms with Gasteiger partial charge in [0, 0.05) is 37.4 Å². The molecule has 1 aliphatic rings. The van der Waals surface area contributed by atoms with E-state index < -0.39 is 0 Å². The second kappa shape index (κ2) is 7.51. The number of amides is 1. The van der Waals surface area contributed by atoms with Crippen LogP contribution in [0.1, 0.15) is 26.4 Å². The zero-order valence-electron chi connectivity index (χ0n) is 15.3. The van der Waals surface area contributed by atoms with E-state index in [-0.39, 0.29) is 5.91 Å². The van der Waals surface area contributed by atoms with Gasteiger partial charge < -0.3 is 4.90 Å². The fraction of sp³-hybridized carbons (Fsp3) is 0.273. The van der Waals surface area contributed by atoms with Gasteiger partial charge in [-0.05, 0) is 41.6 Å². The molecular formula is C22H21N3OS. The van der Waals surface area contributed by atoms with E-state index in [9.17, 15) is 4.79 Å². The molecule has 0 atom stereocenters. The monoisotopic (exact) mass is 375 g/mol. The largest absolute Gasteiger partial charge is 0.335 e. The van der Waals surface area contributed by atoms with E-state index in [0.717, 1.165) is 43.2 Å². The molecule has 136 valence electrons. The molecule has 2 aromatic carbocycles. The lowest BCUT2D eigenvalue weighted by atomic mass is 10.1. The predicted molar refractivity (Wildman–Crippen MR) is 109 cm³/mol. The lowest BCUT2D eigenvalue weighted by Gasteiger charge is -2.34. The molecule has 0 spiro atoms. The van der Waals surface area contributed by atoms with Gasteiger partial charge in [0.1, 0.15) is 0 Å². The fourth-order valence-electron chi connectivity index (χ4n) is 3.57. The molecule has 4 nitrogen and oxygen atoms in total. The lowest BCUT2D eigenvalue weighted by molar-refractivity contribution is 0.0632. The Morgan fingerprint density at radius 2 is 1.78 bits per heavy atom. The first-order valence-electron chi connectivity index (χ1n) is 9.14. The third kappa shape index (κ3) is 3.59. The molecule has 1 fully saturated rings. The van der Waals surface area contributed by atoms with Crippen LogP contribution in [0.2, 0.25) is 0 Å². The number of rotatable bonds is 3. The molecule has 27 heavy (non-hydrogen) atoms. The number of carbonyl (C=O) groups is 1. The Labute approximate surface area is 163 Å². The van der Waals surface area contributed by atoms with Crippen molar-refractivity contribution in [2.45, 2.75) is 13.5 Å². The Bertz CT molecular complexity index is 1010. The first-order valence-corrected chi connectivity index (χ1v) is 9.96. The van der Waals surface area contributed by atoms with Gasteiger partial charge in [-0.2, -0.15) is 5.26 Å². The van der Waals surface area contributed by atoms with E-state index in [2.05, 4.69) is 23.1 Å². The van der Waals surface area contributed by atoms with Crippen LogP contribution >= 0.6 is 11.3 Å². The Morgan fingerprint density at radius 3 is 2.44 bits per heavy atom. The molecule has 0 unspecified atom stereocenters. The highest BCUT2D eigenvalue weighted by Gasteiger charge is 2.25. The molecule has 5 heteroatoms. The zero-order valence-corrected chi connectivity index (χ0v) is 16.1. The van der Waals surface area contributed by atoms with Crippen LogP contribution in [-0.4, -0.2) is 41.9 Å². The number of nitriles is 1. The number of hydrogen-bond acceptors (Lipinski definition) is 4. The van der Waals surface area contributed by atoms with Crippen molar-refractivity contribution in [1.29, 1.82) is 5.26 Å². The van der Waals surface area contributed by atoms with E-state index in [1.54, 1.807) is 11.3 Å². The van der Waals surface area contributed by atoms with Crippen molar-refractivity contribution < 1.29 is 4.79 Å². The standard InChI is InChI=1S/C22H21N3OS/c1-16-19-4-2-3-5-20(19)27-21(16)22(26)25-12-10-24(11-13-25)15-18-8-6-17(14-23)7-9-18/h2-9H,10-13,15H2,1H3. The van der Waals surface area contributed by atoms with Crippen LogP contribution in [-0.2, 0) is 6.54 Å². The second-order valence-corrected chi connectivity index (χ2v) is 7.98. The molecule has 4 rings (SSSR count). The van der Waals surface area contributed by atoms with Crippen LogP contribution in [0.25, 0.3) is 10.1 Å². The van der Waals surface area contributed by atoms with Gasteiger partial charge in [0.15, 0.2) is 0 Å². The summed E-state index contributed by atoms with van der Waals surface area (Å²) in [6.45, 7) is 6.15. The number of fused-ring (bicyclic) bond motifs is 1. The van der Waals surface area contributed by atoms with Crippen LogP contribution in [0.4, 0.5) is 0 Å². The van der Waals surface area contributed by atoms with E-state index in [4.69, 9.17) is 5.26 Å². The van der Waals surface area contributed by atoms with Crippen molar-refractivity contribution >= 4 is 27.3 Å². The number of piperazine rings is 1. The van der Waals surface area contributed by atoms with E-state index in [1.807, 2.05) is 48.2 Å². The van der Waals surface area contributed by atoms with Gasteiger partial charge in [0.05, 0.1) is 16.5 Å². The maximum Gasteiger partial charge on any atom is 0.264 e. The fourth-order valence-corrected chi connectivity index (χ4v) is 4.75. The number of thiophene rings is 1. The summed E-state index contributed by atoms with van der Waals surface area (Å²) in [5.41, 5.74) is 2.99. The average Bonchev–Trinajstić information content (AvgIpc) is 3.05. The maximum atomic E-state index is 13.0. The van der Waals surface area contributed by atoms with Crippen LogP contribution in [0.5, 0.6) is 0 Å². The van der Waals surface area contributed by atoms with Crippen molar-refractivity contribution in [2.75, 3.05) is 26.2 Å². The van der Waals surface area contributed by atoms with Crippen molar-refractivity contribution in [1.82, 2.24) is 9.80 Å². The minimum Gasteiger partial charge on any atom is -0.335 e. The van der Waals surface area contributed by atoms with Crippen molar-refractivity contribution in [3.8, 4) is 6.07 Å². The van der Waals surface area contributed by atoms with Crippen LogP contribution < -0.4 is 0 Å². The Balaban J connectivity index is 1.40. The summed E-state index contributed by atoms with van der Waals surface area (Å²) in [4.78, 5) is 18.2. The summed E-state index contributed by atoms with van der Waals surface area (Å²) in [7, 11) is 0. The average molecular weight is 375 g/mol. The number of benzene rings is 2. The third-order valence-corrected chi connectivity index (χ3v) is 6.45. The molecule has 2 heterocycles. The van der Waals surface area contributed by atoms with E-state index >= 15 is 0 Å². The molecule has 0 aliphatic carbocycles. The van der Waals surface area contributed by atoms with Crippen LogP contribution in [0, 0.1) is 18.3 Å². The van der Waals surface area contributed by atoms with Crippen molar-refractivity contribution in [2.24, 2.45) is 0 Å². The minimum atomic E-state index is 0.159. The second-order valence-electron chi connectivity index (χ2n) is 6.93. The van der Waals surface area contributed by atoms with Crippen LogP contribution in [0.15, 0.2) is 48.5 Å². The van der Waals surface area contributed by atoms with Crippen molar-refractivity contribution in [3.63, 3.8) is 0 Å². The number of aryl methyl sites for hydroxylation is 1. The zero-order chi connectivity index (χ0) is 18.8. The Hall–Kier alpha value is -2.68. The summed E-state index contributed by atoms with van der Waals surface area (Å²) in [5, 5.41) is 10.1. The summed E-state index contributed by atoms with van der Waals surface area (Å²) in [6, 6.07) is 18.1. The SMILES string of the molecule is Cc1c(C(=O)N2CCN(Cc3ccc(C#N)cc3)CC2)sc2ccccc12. The number of hydrogen-bond donors (Lipinski definition) is 0. The minimum absolute atomic E-state index is 0.159. The molecule has 1 saturated heterocycles. The van der Waals surface area contributed by atoms with Gasteiger partial charge >= 0.3 is 0 Å². The van der Waals surface area contributed by atoms with E-state index in [0.29, 0.717) is 5.56 Å². The highest BCUT2D eigenvalue weighted by molar-refractivity contribution is 7.21. The van der Waals surface area contributed by atoms with E-state index in [1.165, 1.54) is 15.6 Å². The van der Waals surface area contributed by atoms with Gasteiger partial charge in [0.2, 0.25) is 0 Å². The molecule has 0 radical (unpaired) electrons. The lowest BCUT2D eigenvalue weighted by Crippen LogP contribution is -2.48. The van der Waals surface area contributed by atoms with Gasteiger partial charge in [-0.3, -0.25) is 9.69 Å². The highest BCUT2D eigenvalue weighted by atomic mass is 32.1. The van der Waals surface area contributed by atoms with Crippen molar-refractivity contribution in [3.05, 3.63) is 70.1 Å². The quantitative estimate of drug-likeness (QED) is 0.694. The van der Waals surface area contributed by atoms with Gasteiger partial charge in [0.25, 0.3) is 5.91 Å². The summed E-state index contributed by atoms with van der Waals surface area (Å²) >= 11 is 1.60. The smallest absolute Gasteiger partial charge is 0.264 e. The molecule has 1 amide bonds. The molecule has 1 aliphatic heterocycles. The van der Waals surface area contributed by atoms with Crippen LogP contribution in [0.3, 0.4) is 0 Å². The first-order chi connectivity index (χ1) is 13.2. The Morgan fingerprint density at radius 1 is 1.07 bits per heavy atom. The normalized spacial score (nSPS) is 15.0.